The first-order valence-corrected chi connectivity index (χ1v) is 40.3. The molecule has 17 nitrogen and oxygen atoms in total. The Kier molecular flexibility index (Phi) is 61.5. The maximum absolute atomic E-state index is 13.0. The summed E-state index contributed by atoms with van der Waals surface area (Å²) >= 11 is 0. The number of aliphatic hydroxyl groups excluding tert-OH is 1. The highest BCUT2D eigenvalue weighted by molar-refractivity contribution is 7.47. The van der Waals surface area contributed by atoms with Gasteiger partial charge in [-0.15, -0.1) is 0 Å². The lowest BCUT2D eigenvalue weighted by Gasteiger charge is -2.21. The van der Waals surface area contributed by atoms with E-state index < -0.39 is 97.5 Å². The molecule has 0 aromatic rings. The van der Waals surface area contributed by atoms with Gasteiger partial charge >= 0.3 is 39.5 Å². The highest BCUT2D eigenvalue weighted by Gasteiger charge is 2.30. The Morgan fingerprint density at radius 1 is 0.297 bits per heavy atom. The topological polar surface area (TPSA) is 237 Å². The second kappa shape index (κ2) is 62.8. The second-order valence-electron chi connectivity index (χ2n) is 27.4. The first kappa shape index (κ1) is 89.1. The van der Waals surface area contributed by atoms with Crippen LogP contribution in [0.4, 0.5) is 0 Å². The number of hydrogen-bond acceptors (Lipinski definition) is 15. The van der Waals surface area contributed by atoms with Crippen LogP contribution in [0, 0.1) is 17.8 Å². The summed E-state index contributed by atoms with van der Waals surface area (Å²) in [5.74, 6) is 0.118. The zero-order chi connectivity index (χ0) is 67.3. The van der Waals surface area contributed by atoms with Gasteiger partial charge in [0.2, 0.25) is 0 Å². The molecular formula is C72H140O17P2. The Hall–Kier alpha value is -1.94. The van der Waals surface area contributed by atoms with Crippen molar-refractivity contribution in [2.75, 3.05) is 39.6 Å². The van der Waals surface area contributed by atoms with Gasteiger partial charge in [-0.25, -0.2) is 9.13 Å². The molecule has 0 aliphatic rings. The van der Waals surface area contributed by atoms with Crippen LogP contribution in [0.1, 0.15) is 363 Å². The third-order valence-electron chi connectivity index (χ3n) is 16.6. The van der Waals surface area contributed by atoms with Crippen molar-refractivity contribution in [1.29, 1.82) is 0 Å². The molecule has 3 N–H and O–H groups in total. The monoisotopic (exact) mass is 1340 g/mol. The number of hydrogen-bond donors (Lipinski definition) is 3. The van der Waals surface area contributed by atoms with E-state index >= 15 is 0 Å². The van der Waals surface area contributed by atoms with Crippen LogP contribution in [0.3, 0.4) is 0 Å². The highest BCUT2D eigenvalue weighted by atomic mass is 31.2. The van der Waals surface area contributed by atoms with E-state index in [1.165, 1.54) is 167 Å². The molecule has 0 saturated heterocycles. The first-order valence-electron chi connectivity index (χ1n) is 37.3. The average molecular weight is 1340 g/mol. The highest BCUT2D eigenvalue weighted by Crippen LogP contribution is 2.45. The van der Waals surface area contributed by atoms with Crippen LogP contribution >= 0.6 is 15.6 Å². The normalized spacial score (nSPS) is 14.2. The first-order chi connectivity index (χ1) is 43.7. The number of phosphoric ester groups is 2. The summed E-state index contributed by atoms with van der Waals surface area (Å²) in [4.78, 5) is 72.6. The predicted octanol–water partition coefficient (Wildman–Crippen LogP) is 20.6. The van der Waals surface area contributed by atoms with E-state index in [2.05, 4.69) is 48.5 Å². The molecule has 0 rings (SSSR count). The van der Waals surface area contributed by atoms with Crippen LogP contribution in [0.15, 0.2) is 0 Å². The summed E-state index contributed by atoms with van der Waals surface area (Å²) in [5.41, 5.74) is 0. The molecule has 0 saturated carbocycles. The Morgan fingerprint density at radius 2 is 0.505 bits per heavy atom. The fourth-order valence-electron chi connectivity index (χ4n) is 10.9. The van der Waals surface area contributed by atoms with Crippen molar-refractivity contribution in [3.05, 3.63) is 0 Å². The van der Waals surface area contributed by atoms with Crippen molar-refractivity contribution in [3.8, 4) is 0 Å². The lowest BCUT2D eigenvalue weighted by molar-refractivity contribution is -0.161. The molecule has 540 valence electrons. The fraction of sp³-hybridized carbons (Fsp3) is 0.944. The van der Waals surface area contributed by atoms with E-state index in [-0.39, 0.29) is 25.7 Å². The van der Waals surface area contributed by atoms with Crippen LogP contribution in [0.5, 0.6) is 0 Å². The molecule has 19 heteroatoms. The van der Waals surface area contributed by atoms with Gasteiger partial charge in [-0.3, -0.25) is 37.3 Å². The number of ether oxygens (including phenoxy) is 4. The van der Waals surface area contributed by atoms with E-state index in [0.717, 1.165) is 108 Å². The molecule has 0 spiro atoms. The predicted molar refractivity (Wildman–Crippen MR) is 368 cm³/mol. The summed E-state index contributed by atoms with van der Waals surface area (Å²) in [5, 5.41) is 10.6. The molecule has 91 heavy (non-hydrogen) atoms. The molecule has 0 bridgehead atoms. The molecule has 0 aliphatic carbocycles. The van der Waals surface area contributed by atoms with Crippen LogP contribution < -0.4 is 0 Å². The van der Waals surface area contributed by atoms with Crippen LogP contribution in [0.2, 0.25) is 0 Å². The molecule has 0 radical (unpaired) electrons. The van der Waals surface area contributed by atoms with Crippen molar-refractivity contribution in [3.63, 3.8) is 0 Å². The van der Waals surface area contributed by atoms with Crippen molar-refractivity contribution in [2.24, 2.45) is 17.8 Å². The van der Waals surface area contributed by atoms with Crippen LogP contribution in [-0.2, 0) is 65.4 Å². The fourth-order valence-corrected chi connectivity index (χ4v) is 12.5. The van der Waals surface area contributed by atoms with E-state index in [1.54, 1.807) is 0 Å². The summed E-state index contributed by atoms with van der Waals surface area (Å²) < 4.78 is 68.4. The summed E-state index contributed by atoms with van der Waals surface area (Å²) in [6.07, 6.45) is 47.1. The third-order valence-corrected chi connectivity index (χ3v) is 18.5. The third kappa shape index (κ3) is 66.5. The van der Waals surface area contributed by atoms with Gasteiger partial charge in [-0.1, -0.05) is 312 Å². The summed E-state index contributed by atoms with van der Waals surface area (Å²) in [6.45, 7) is 11.8. The molecule has 0 aliphatic heterocycles. The molecule has 2 unspecified atom stereocenters. The Labute approximate surface area is 556 Å². The molecule has 0 fully saturated rings. The molecule has 0 heterocycles. The zero-order valence-corrected chi connectivity index (χ0v) is 61.1. The maximum Gasteiger partial charge on any atom is 0.472 e. The van der Waals surface area contributed by atoms with Gasteiger partial charge in [0, 0.05) is 25.7 Å². The van der Waals surface area contributed by atoms with Crippen molar-refractivity contribution >= 4 is 39.5 Å². The Morgan fingerprint density at radius 3 is 0.747 bits per heavy atom. The number of rotatable bonds is 70. The van der Waals surface area contributed by atoms with Gasteiger partial charge in [0.25, 0.3) is 0 Å². The van der Waals surface area contributed by atoms with Gasteiger partial charge in [-0.05, 0) is 43.4 Å². The number of esters is 4. The minimum Gasteiger partial charge on any atom is -0.462 e. The quantitative estimate of drug-likeness (QED) is 0.0222. The van der Waals surface area contributed by atoms with E-state index in [9.17, 15) is 43.2 Å². The zero-order valence-electron chi connectivity index (χ0n) is 59.3. The molecule has 0 aromatic carbocycles. The van der Waals surface area contributed by atoms with Gasteiger partial charge in [0.15, 0.2) is 12.2 Å². The van der Waals surface area contributed by atoms with Crippen LogP contribution in [0.25, 0.3) is 0 Å². The summed E-state index contributed by atoms with van der Waals surface area (Å²) in [7, 11) is -9.90. The molecule has 5 atom stereocenters. The summed E-state index contributed by atoms with van der Waals surface area (Å²) in [6, 6.07) is 0. The second-order valence-corrected chi connectivity index (χ2v) is 30.3. The number of phosphoric acid groups is 2. The maximum atomic E-state index is 13.0. The van der Waals surface area contributed by atoms with E-state index in [0.29, 0.717) is 31.6 Å². The molecule has 0 aromatic heterocycles. The van der Waals surface area contributed by atoms with Gasteiger partial charge in [0.1, 0.15) is 19.3 Å². The standard InChI is InChI=1S/C72H140O17P2/c1-8-9-10-11-12-13-14-15-19-26-33-41-48-55-71(76)89-68(60-83-70(75)54-47-40-35-28-31-38-45-52-65(6)7)62-87-91(80,81)85-58-66(73)57-84-90(78,79)86-61-67(59-82-69(74)53-46-39-32-25-22-21-24-30-37-44-51-64(4)5)88-72(77)56-49-42-34-27-20-17-16-18-23-29-36-43-50-63(2)3/h63-68,73H,8-62H2,1-7H3,(H,78,79)(H,80,81)/t66-,67-,68-/m1/s1. The number of carbonyl (C=O) groups is 4. The minimum atomic E-state index is -4.95. The van der Waals surface area contributed by atoms with Gasteiger partial charge < -0.3 is 33.8 Å². The minimum absolute atomic E-state index is 0.106. The van der Waals surface area contributed by atoms with E-state index in [1.807, 2.05) is 0 Å². The van der Waals surface area contributed by atoms with Crippen molar-refractivity contribution in [2.45, 2.75) is 381 Å². The van der Waals surface area contributed by atoms with Gasteiger partial charge in [-0.2, -0.15) is 0 Å². The SMILES string of the molecule is CCCCCCCCCCCCCCCC(=O)O[C@H](COC(=O)CCCCCCCCCC(C)C)COP(=O)(O)OC[C@H](O)COP(=O)(O)OC[C@@H](COC(=O)CCCCCCCCCCCCC(C)C)OC(=O)CCCCCCCCCCCCCCC(C)C. The Balaban J connectivity index is 5.26. The van der Waals surface area contributed by atoms with Crippen LogP contribution in [-0.4, -0.2) is 96.7 Å². The average Bonchev–Trinajstić information content (AvgIpc) is 3.36. The Bertz CT molecular complexity index is 1780. The van der Waals surface area contributed by atoms with Crippen molar-refractivity contribution < 1.29 is 80.2 Å². The number of unbranched alkanes of at least 4 members (excludes halogenated alkanes) is 38. The molecule has 0 amide bonds. The number of aliphatic hydroxyl groups is 1. The lowest BCUT2D eigenvalue weighted by Crippen LogP contribution is -2.30. The van der Waals surface area contributed by atoms with Gasteiger partial charge in [0.05, 0.1) is 26.4 Å². The van der Waals surface area contributed by atoms with Crippen molar-refractivity contribution in [1.82, 2.24) is 0 Å². The lowest BCUT2D eigenvalue weighted by atomic mass is 10.0. The van der Waals surface area contributed by atoms with E-state index in [4.69, 9.17) is 37.0 Å². The number of carbonyl (C=O) groups excluding carboxylic acids is 4. The smallest absolute Gasteiger partial charge is 0.462 e. The molecular weight excluding hydrogens is 1200 g/mol. The largest absolute Gasteiger partial charge is 0.472 e.